The molecule has 1 N–H and O–H groups in total. The first-order valence-electron chi connectivity index (χ1n) is 5.01. The zero-order chi connectivity index (χ0) is 10.2. The molecule has 1 atom stereocenters. The molecule has 0 aromatic rings. The zero-order valence-corrected chi connectivity index (χ0v) is 9.56. The van der Waals surface area contributed by atoms with Gasteiger partial charge in [0.25, 0.3) is 15.0 Å². The van der Waals surface area contributed by atoms with Crippen LogP contribution in [-0.2, 0) is 9.09 Å². The van der Waals surface area contributed by atoms with E-state index in [1.165, 1.54) is 33.2 Å². The zero-order valence-electron chi connectivity index (χ0n) is 8.66. The summed E-state index contributed by atoms with van der Waals surface area (Å²) in [6.45, 7) is 2.60. The molecule has 0 fully saturated rings. The molecular weight excluding hydrogens is 186 g/mol. The van der Waals surface area contributed by atoms with Crippen LogP contribution < -0.4 is 0 Å². The minimum atomic E-state index is -3.23. The molecule has 0 bridgehead atoms. The van der Waals surface area contributed by atoms with Crippen LogP contribution >= 0.6 is 7.47 Å². The molecule has 0 aliphatic heterocycles. The maximum absolute atomic E-state index is 10.7. The Morgan fingerprint density at radius 1 is 1.23 bits per heavy atom. The molecule has 0 radical (unpaired) electrons. The molecule has 0 heterocycles. The van der Waals surface area contributed by atoms with Crippen molar-refractivity contribution in [2.75, 3.05) is 6.61 Å². The molecule has 3 nitrogen and oxygen atoms in total. The third kappa shape index (κ3) is 12.2. The van der Waals surface area contributed by atoms with Gasteiger partial charge >= 0.3 is 0 Å². The van der Waals surface area contributed by atoms with Crippen LogP contribution in [0.5, 0.6) is 0 Å². The van der Waals surface area contributed by atoms with Crippen LogP contribution in [0, 0.1) is 0 Å². The highest BCUT2D eigenvalue weighted by molar-refractivity contribution is 7.78. The van der Waals surface area contributed by atoms with Gasteiger partial charge in [-0.3, -0.25) is 4.57 Å². The molecule has 0 amide bonds. The van der Waals surface area contributed by atoms with E-state index in [9.17, 15) is 4.57 Å². The van der Waals surface area contributed by atoms with E-state index in [1.54, 1.807) is 0 Å². The summed E-state index contributed by atoms with van der Waals surface area (Å²) in [5.74, 6) is 0. The van der Waals surface area contributed by atoms with E-state index in [-0.39, 0.29) is 0 Å². The summed E-state index contributed by atoms with van der Waals surface area (Å²) in [4.78, 5) is 8.79. The fourth-order valence-corrected chi connectivity index (χ4v) is 1.58. The van der Waals surface area contributed by atoms with Crippen LogP contribution in [0.3, 0.4) is 0 Å². The molecule has 78 valence electrons. The lowest BCUT2D eigenvalue weighted by Crippen LogP contribution is -1.92. The lowest BCUT2D eigenvalue weighted by Gasteiger charge is -2.06. The fourth-order valence-electron chi connectivity index (χ4n) is 1.12. The summed E-state index contributed by atoms with van der Waals surface area (Å²) in [5, 5.41) is 0. The van der Waals surface area contributed by atoms with E-state index in [2.05, 4.69) is 6.92 Å². The summed E-state index contributed by atoms with van der Waals surface area (Å²) >= 11 is 0. The van der Waals surface area contributed by atoms with Crippen molar-refractivity contribution in [2.24, 2.45) is 0 Å². The monoisotopic (exact) mass is 206 g/mol. The van der Waals surface area contributed by atoms with E-state index < -0.39 is 7.47 Å². The Morgan fingerprint density at radius 3 is 2.31 bits per heavy atom. The van der Waals surface area contributed by atoms with Crippen LogP contribution in [0.25, 0.3) is 0 Å². The molecule has 0 saturated heterocycles. The van der Waals surface area contributed by atoms with Gasteiger partial charge in [0.2, 0.25) is 0 Å². The van der Waals surface area contributed by atoms with Gasteiger partial charge in [-0.2, -0.15) is 0 Å². The molecule has 0 spiro atoms. The van der Waals surface area contributed by atoms with Crippen molar-refractivity contribution in [1.29, 1.82) is 0 Å². The van der Waals surface area contributed by atoms with Crippen LogP contribution in [0.15, 0.2) is 0 Å². The van der Waals surface area contributed by atoms with Gasteiger partial charge in [-0.15, -0.1) is 0 Å². The smallest absolute Gasteiger partial charge is 0.268 e. The highest BCUT2D eigenvalue weighted by Gasteiger charge is 2.07. The number of rotatable bonds is 8. The van der Waals surface area contributed by atoms with E-state index in [1.807, 2.05) is 0 Å². The normalized spacial score (nSPS) is 15.5. The number of hydrogen-bond donors (Lipinski definition) is 1. The standard InChI is InChI=1S/C8H20BO3P/c1-2-3-4-5-6-7-8-12-13(9,10)11/h2-9H2,1H3,(H,10,11). The minimum absolute atomic E-state index is 0.413. The van der Waals surface area contributed by atoms with Gasteiger partial charge in [0.15, 0.2) is 0 Å². The number of unbranched alkanes of at least 4 members (excludes halogenated alkanes) is 5. The molecule has 13 heavy (non-hydrogen) atoms. The van der Waals surface area contributed by atoms with Crippen molar-refractivity contribution < 1.29 is 14.0 Å². The van der Waals surface area contributed by atoms with Crippen molar-refractivity contribution in [1.82, 2.24) is 0 Å². The molecule has 0 aromatic heterocycles. The predicted molar refractivity (Wildman–Crippen MR) is 57.7 cm³/mol. The average Bonchev–Trinajstić information content (AvgIpc) is 2.01. The van der Waals surface area contributed by atoms with Crippen molar-refractivity contribution in [3.63, 3.8) is 0 Å². The third-order valence-electron chi connectivity index (χ3n) is 1.83. The molecule has 0 saturated carbocycles. The highest BCUT2D eigenvalue weighted by atomic mass is 31.2. The quantitative estimate of drug-likeness (QED) is 0.375. The molecular formula is C8H20BO3P. The van der Waals surface area contributed by atoms with Gasteiger partial charge < -0.3 is 9.42 Å². The Labute approximate surface area is 81.8 Å². The van der Waals surface area contributed by atoms with Crippen molar-refractivity contribution >= 4 is 15.0 Å². The van der Waals surface area contributed by atoms with Crippen LogP contribution in [0.2, 0.25) is 0 Å². The van der Waals surface area contributed by atoms with Crippen molar-refractivity contribution in [3.05, 3.63) is 0 Å². The first-order chi connectivity index (χ1) is 6.06. The van der Waals surface area contributed by atoms with E-state index in [4.69, 9.17) is 9.42 Å². The van der Waals surface area contributed by atoms with Crippen LogP contribution in [0.1, 0.15) is 45.4 Å². The van der Waals surface area contributed by atoms with Gasteiger partial charge in [0.05, 0.1) is 6.61 Å². The average molecular weight is 206 g/mol. The van der Waals surface area contributed by atoms with Crippen molar-refractivity contribution in [3.8, 4) is 0 Å². The van der Waals surface area contributed by atoms with E-state index in [0.717, 1.165) is 12.8 Å². The second-order valence-electron chi connectivity index (χ2n) is 3.40. The summed E-state index contributed by atoms with van der Waals surface area (Å²) in [7, 11) is -2.00. The van der Waals surface area contributed by atoms with E-state index in [0.29, 0.717) is 6.61 Å². The first kappa shape index (κ1) is 13.2. The van der Waals surface area contributed by atoms with Crippen LogP contribution in [0.4, 0.5) is 0 Å². The molecule has 0 rings (SSSR count). The summed E-state index contributed by atoms with van der Waals surface area (Å²) < 4.78 is 15.4. The van der Waals surface area contributed by atoms with Gasteiger partial charge in [0, 0.05) is 0 Å². The second kappa shape index (κ2) is 7.60. The lowest BCUT2D eigenvalue weighted by atomic mass is 10.1. The lowest BCUT2D eigenvalue weighted by molar-refractivity contribution is 0.266. The maximum Gasteiger partial charge on any atom is 0.268 e. The SMILES string of the molecule is BP(=O)(O)OCCCCCCCC. The summed E-state index contributed by atoms with van der Waals surface area (Å²) in [6.07, 6.45) is 6.99. The predicted octanol–water partition coefficient (Wildman–Crippen LogP) is 2.10. The van der Waals surface area contributed by atoms with Gasteiger partial charge in [-0.25, -0.2) is 0 Å². The molecule has 0 aliphatic rings. The van der Waals surface area contributed by atoms with Gasteiger partial charge in [-0.1, -0.05) is 39.0 Å². The Morgan fingerprint density at radius 2 is 1.77 bits per heavy atom. The van der Waals surface area contributed by atoms with E-state index >= 15 is 0 Å². The topological polar surface area (TPSA) is 46.5 Å². The Balaban J connectivity index is 3.04. The molecule has 1 unspecified atom stereocenters. The third-order valence-corrected chi connectivity index (χ3v) is 2.49. The largest absolute Gasteiger partial charge is 0.333 e. The summed E-state index contributed by atoms with van der Waals surface area (Å²) in [5.41, 5.74) is 0. The second-order valence-corrected chi connectivity index (χ2v) is 5.27. The van der Waals surface area contributed by atoms with Gasteiger partial charge in [-0.05, 0) is 6.42 Å². The fraction of sp³-hybridized carbons (Fsp3) is 1.00. The maximum atomic E-state index is 10.7. The Bertz CT molecular complexity index is 157. The first-order valence-corrected chi connectivity index (χ1v) is 7.03. The Kier molecular flexibility index (Phi) is 7.73. The summed E-state index contributed by atoms with van der Waals surface area (Å²) in [6, 6.07) is 0. The molecule has 5 heteroatoms. The molecule has 0 aliphatic carbocycles. The Hall–Kier alpha value is 0.215. The van der Waals surface area contributed by atoms with Gasteiger partial charge in [0.1, 0.15) is 0 Å². The highest BCUT2D eigenvalue weighted by Crippen LogP contribution is 2.35. The number of hydrogen-bond acceptors (Lipinski definition) is 2. The minimum Gasteiger partial charge on any atom is -0.333 e. The van der Waals surface area contributed by atoms with Crippen molar-refractivity contribution in [2.45, 2.75) is 45.4 Å². The van der Waals surface area contributed by atoms with Crippen LogP contribution in [-0.4, -0.2) is 19.1 Å². The molecule has 0 aromatic carbocycles.